The Labute approximate surface area is 34.4 Å². The third-order valence-electron chi connectivity index (χ3n) is 0.374. The second kappa shape index (κ2) is 1.40. The number of hydrogen-bond acceptors (Lipinski definition) is 3. The highest BCUT2D eigenvalue weighted by Gasteiger charge is 1.82. The van der Waals surface area contributed by atoms with Crippen LogP contribution in [0.2, 0.25) is 0 Å². The molecule has 0 aromatic rings. The van der Waals surface area contributed by atoms with Crippen molar-refractivity contribution in [2.24, 2.45) is 5.22 Å². The third kappa shape index (κ3) is 0.453. The van der Waals surface area contributed by atoms with Crippen molar-refractivity contribution in [2.75, 3.05) is 0 Å². The van der Waals surface area contributed by atoms with Gasteiger partial charge in [-0.15, -0.1) is 5.11 Å². The van der Waals surface area contributed by atoms with Crippen LogP contribution in [0.1, 0.15) is 0 Å². The summed E-state index contributed by atoms with van der Waals surface area (Å²) in [6.45, 7) is 0. The lowest BCUT2D eigenvalue weighted by Gasteiger charge is -1.85. The van der Waals surface area contributed by atoms with Crippen molar-refractivity contribution in [1.82, 2.24) is 5.59 Å². The van der Waals surface area contributed by atoms with Crippen LogP contribution in [0.4, 0.5) is 0 Å². The smallest absolute Gasteiger partial charge is 0.188 e. The Hall–Kier alpha value is -1.06. The van der Waals surface area contributed by atoms with Gasteiger partial charge in [0.25, 0.3) is 0 Å². The number of nitrogens with zero attached hydrogens (tertiary/aromatic N) is 1. The van der Waals surface area contributed by atoms with Crippen molar-refractivity contribution in [2.45, 2.75) is 0 Å². The van der Waals surface area contributed by atoms with E-state index in [-0.39, 0.29) is 0 Å². The Kier molecular flexibility index (Phi) is 0.731. The van der Waals surface area contributed by atoms with Crippen LogP contribution in [0.5, 0.6) is 0 Å². The quantitative estimate of drug-likeness (QED) is 0.374. The SMILES string of the molecule is C1=CONN=[NH+]1. The summed E-state index contributed by atoms with van der Waals surface area (Å²) in [6.07, 6.45) is 3.02. The molecule has 0 spiro atoms. The first kappa shape index (κ1) is 3.14. The first-order valence-corrected chi connectivity index (χ1v) is 1.51. The minimum Gasteiger partial charge on any atom is -0.287 e. The molecule has 4 heteroatoms. The zero-order valence-electron chi connectivity index (χ0n) is 3.01. The van der Waals surface area contributed by atoms with E-state index in [0.29, 0.717) is 0 Å². The van der Waals surface area contributed by atoms with Crippen molar-refractivity contribution >= 4 is 0 Å². The zero-order valence-corrected chi connectivity index (χ0v) is 3.01. The lowest BCUT2D eigenvalue weighted by atomic mass is 11.0. The van der Waals surface area contributed by atoms with E-state index in [1.54, 1.807) is 6.20 Å². The number of hydrogen-bond donors (Lipinski definition) is 2. The molecule has 0 fully saturated rings. The van der Waals surface area contributed by atoms with E-state index >= 15 is 0 Å². The minimum atomic E-state index is 1.45. The lowest BCUT2D eigenvalue weighted by molar-refractivity contribution is -0.481. The van der Waals surface area contributed by atoms with Crippen LogP contribution in [-0.2, 0) is 4.84 Å². The van der Waals surface area contributed by atoms with Gasteiger partial charge < -0.3 is 0 Å². The molecule has 0 unspecified atom stereocenters. The van der Waals surface area contributed by atoms with Crippen molar-refractivity contribution in [1.29, 1.82) is 0 Å². The van der Waals surface area contributed by atoms with Crippen molar-refractivity contribution in [3.05, 3.63) is 12.5 Å². The standard InChI is InChI=1S/C2H3N3O/c1-2-6-5-4-3-1/h1-2H,(H,3,5)/p+1. The van der Waals surface area contributed by atoms with E-state index < -0.39 is 0 Å². The molecule has 0 aromatic heterocycles. The van der Waals surface area contributed by atoms with Gasteiger partial charge >= 0.3 is 0 Å². The molecule has 0 bridgehead atoms. The topological polar surface area (TPSA) is 47.6 Å². The maximum Gasteiger partial charge on any atom is 0.188 e. The Morgan fingerprint density at radius 2 is 2.83 bits per heavy atom. The molecule has 0 atom stereocenters. The van der Waals surface area contributed by atoms with Gasteiger partial charge in [0, 0.05) is 5.59 Å². The molecule has 0 aromatic carbocycles. The highest BCUT2D eigenvalue weighted by molar-refractivity contribution is 4.53. The summed E-state index contributed by atoms with van der Waals surface area (Å²) < 4.78 is 0. The van der Waals surface area contributed by atoms with Crippen molar-refractivity contribution in [3.63, 3.8) is 0 Å². The average molecular weight is 86.1 g/mol. The van der Waals surface area contributed by atoms with Gasteiger partial charge in [-0.05, 0) is 0 Å². The maximum atomic E-state index is 4.41. The molecule has 1 aliphatic rings. The van der Waals surface area contributed by atoms with Gasteiger partial charge in [0.1, 0.15) is 5.22 Å². The number of nitrogens with one attached hydrogen (secondary N) is 2. The molecule has 1 rings (SSSR count). The lowest BCUT2D eigenvalue weighted by Crippen LogP contribution is -2.60. The molecule has 0 radical (unpaired) electrons. The predicted molar refractivity (Wildman–Crippen MR) is 16.8 cm³/mol. The zero-order chi connectivity index (χ0) is 4.24. The van der Waals surface area contributed by atoms with Gasteiger partial charge in [-0.25, -0.2) is 0 Å². The summed E-state index contributed by atoms with van der Waals surface area (Å²) in [5.41, 5.74) is 2.21. The summed E-state index contributed by atoms with van der Waals surface area (Å²) in [7, 11) is 0. The number of rotatable bonds is 0. The average Bonchev–Trinajstić information content (AvgIpc) is 1.72. The Balaban J connectivity index is 2.46. The highest BCUT2D eigenvalue weighted by Crippen LogP contribution is 1.64. The van der Waals surface area contributed by atoms with Crippen LogP contribution in [0, 0.1) is 0 Å². The van der Waals surface area contributed by atoms with Gasteiger partial charge in [0.2, 0.25) is 0 Å². The van der Waals surface area contributed by atoms with Crippen LogP contribution in [-0.4, -0.2) is 0 Å². The molecule has 1 heterocycles. The maximum absolute atomic E-state index is 4.41. The van der Waals surface area contributed by atoms with Crippen LogP contribution in [0.25, 0.3) is 0 Å². The molecule has 0 aliphatic carbocycles. The van der Waals surface area contributed by atoms with Crippen molar-refractivity contribution in [3.8, 4) is 0 Å². The summed E-state index contributed by atoms with van der Waals surface area (Å²) in [5, 5.41) is 5.86. The molecule has 0 saturated heterocycles. The first-order chi connectivity index (χ1) is 3.00. The van der Waals surface area contributed by atoms with Gasteiger partial charge in [-0.1, -0.05) is 0 Å². The Morgan fingerprint density at radius 3 is 3.00 bits per heavy atom. The molecule has 4 nitrogen and oxygen atoms in total. The molecule has 0 saturated carbocycles. The third-order valence-corrected chi connectivity index (χ3v) is 0.374. The molecule has 2 N–H and O–H groups in total. The second-order valence-corrected chi connectivity index (χ2v) is 0.753. The normalized spacial score (nSPS) is 16.0. The van der Waals surface area contributed by atoms with Crippen LogP contribution < -0.4 is 10.7 Å². The fourth-order valence-electron chi connectivity index (χ4n) is 0.185. The van der Waals surface area contributed by atoms with Gasteiger partial charge in [0.05, 0.1) is 0 Å². The van der Waals surface area contributed by atoms with E-state index in [1.807, 2.05) is 0 Å². The van der Waals surface area contributed by atoms with Gasteiger partial charge in [-0.3, -0.25) is 4.84 Å². The molecule has 6 heavy (non-hydrogen) atoms. The largest absolute Gasteiger partial charge is 0.287 e. The van der Waals surface area contributed by atoms with Crippen molar-refractivity contribution < 1.29 is 9.95 Å². The van der Waals surface area contributed by atoms with Gasteiger partial charge in [-0.2, -0.15) is 0 Å². The monoisotopic (exact) mass is 86.0 g/mol. The van der Waals surface area contributed by atoms with Crippen LogP contribution in [0.3, 0.4) is 0 Å². The summed E-state index contributed by atoms with van der Waals surface area (Å²) in [6, 6.07) is 0. The van der Waals surface area contributed by atoms with E-state index in [1.165, 1.54) is 6.26 Å². The van der Waals surface area contributed by atoms with E-state index in [4.69, 9.17) is 0 Å². The van der Waals surface area contributed by atoms with E-state index in [9.17, 15) is 0 Å². The van der Waals surface area contributed by atoms with Gasteiger partial charge in [0.15, 0.2) is 12.5 Å². The van der Waals surface area contributed by atoms with E-state index in [0.717, 1.165) is 0 Å². The molecular weight excluding hydrogens is 82.0 g/mol. The fraction of sp³-hybridized carbons (Fsp3) is 0. The predicted octanol–water partition coefficient (Wildman–Crippen LogP) is -1.56. The summed E-state index contributed by atoms with van der Waals surface area (Å²) in [5.74, 6) is 0. The fourth-order valence-corrected chi connectivity index (χ4v) is 0.185. The molecule has 1 aliphatic heterocycles. The Bertz CT molecular complexity index is 74.8. The molecule has 0 amide bonds. The molecular formula is C2H4N3O+. The minimum absolute atomic E-state index is 1.45. The Morgan fingerprint density at radius 1 is 1.83 bits per heavy atom. The van der Waals surface area contributed by atoms with Crippen LogP contribution >= 0.6 is 0 Å². The highest BCUT2D eigenvalue weighted by atomic mass is 16.7. The second-order valence-electron chi connectivity index (χ2n) is 0.753. The van der Waals surface area contributed by atoms with E-state index in [2.05, 4.69) is 20.8 Å². The summed E-state index contributed by atoms with van der Waals surface area (Å²) in [4.78, 5) is 4.41. The summed E-state index contributed by atoms with van der Waals surface area (Å²) >= 11 is 0. The molecule has 32 valence electrons. The van der Waals surface area contributed by atoms with Crippen LogP contribution in [0.15, 0.2) is 17.7 Å². The first-order valence-electron chi connectivity index (χ1n) is 1.51.